The predicted octanol–water partition coefficient (Wildman–Crippen LogP) is 2.65. The van der Waals surface area contributed by atoms with Gasteiger partial charge in [-0.25, -0.2) is 0 Å². The van der Waals surface area contributed by atoms with Crippen LogP contribution < -0.4 is 15.8 Å². The molecule has 0 spiro atoms. The lowest BCUT2D eigenvalue weighted by molar-refractivity contribution is 0.295. The van der Waals surface area contributed by atoms with Crippen LogP contribution in [0.2, 0.25) is 0 Å². The molecule has 0 radical (unpaired) electrons. The van der Waals surface area contributed by atoms with Gasteiger partial charge in [-0.1, -0.05) is 30.3 Å². The van der Waals surface area contributed by atoms with Crippen LogP contribution >= 0.6 is 0 Å². The third-order valence-electron chi connectivity index (χ3n) is 3.09. The maximum absolute atomic E-state index is 9.07. The summed E-state index contributed by atoms with van der Waals surface area (Å²) < 4.78 is 5.62. The van der Waals surface area contributed by atoms with Crippen LogP contribution in [-0.2, 0) is 6.61 Å². The number of nitrogen functional groups attached to an aromatic ring is 1. The van der Waals surface area contributed by atoms with Gasteiger partial charge in [-0.3, -0.25) is 0 Å². The number of nitrogens with two attached hydrogens (primary N) is 1. The molecule has 0 fully saturated rings. The Kier molecular flexibility index (Phi) is 4.49. The molecule has 0 aliphatic carbocycles. The molecule has 1 aromatic heterocycles. The summed E-state index contributed by atoms with van der Waals surface area (Å²) in [5.74, 6) is 1.27. The molecule has 7 nitrogen and oxygen atoms in total. The van der Waals surface area contributed by atoms with Gasteiger partial charge in [-0.15, -0.1) is 0 Å². The molecule has 118 valence electrons. The highest BCUT2D eigenvalue weighted by molar-refractivity contribution is 5.53. The number of benzene rings is 2. The van der Waals surface area contributed by atoms with Gasteiger partial charge in [0.05, 0.1) is 5.56 Å². The molecular weight excluding hydrogens is 304 g/mol. The molecule has 0 aliphatic rings. The molecule has 3 N–H and O–H groups in total. The fraction of sp³-hybridized carbons (Fsp3) is 0.0588. The van der Waals surface area contributed by atoms with Crippen LogP contribution in [0.15, 0.2) is 54.6 Å². The van der Waals surface area contributed by atoms with E-state index >= 15 is 0 Å². The monoisotopic (exact) mass is 318 g/mol. The Labute approximate surface area is 138 Å². The summed E-state index contributed by atoms with van der Waals surface area (Å²) >= 11 is 0. The summed E-state index contributed by atoms with van der Waals surface area (Å²) in [6.07, 6.45) is 0. The van der Waals surface area contributed by atoms with Crippen molar-refractivity contribution in [3.8, 4) is 11.8 Å². The summed E-state index contributed by atoms with van der Waals surface area (Å²) in [5.41, 5.74) is 7.01. The summed E-state index contributed by atoms with van der Waals surface area (Å²) in [4.78, 5) is 12.4. The van der Waals surface area contributed by atoms with Crippen molar-refractivity contribution in [2.75, 3.05) is 11.1 Å². The molecule has 3 aromatic rings. The first-order valence-corrected chi connectivity index (χ1v) is 7.19. The van der Waals surface area contributed by atoms with Gasteiger partial charge in [0.2, 0.25) is 11.9 Å². The minimum absolute atomic E-state index is 0.0783. The van der Waals surface area contributed by atoms with Gasteiger partial charge in [0.1, 0.15) is 18.4 Å². The van der Waals surface area contributed by atoms with Crippen molar-refractivity contribution in [1.29, 1.82) is 5.26 Å². The molecule has 0 saturated carbocycles. The third-order valence-corrected chi connectivity index (χ3v) is 3.09. The normalized spacial score (nSPS) is 9.96. The molecule has 2 aromatic carbocycles. The lowest BCUT2D eigenvalue weighted by atomic mass is 10.2. The first kappa shape index (κ1) is 15.2. The summed E-state index contributed by atoms with van der Waals surface area (Å²) in [5, 5.41) is 12.1. The fourth-order valence-corrected chi connectivity index (χ4v) is 2.04. The van der Waals surface area contributed by atoms with Crippen molar-refractivity contribution in [1.82, 2.24) is 15.0 Å². The van der Waals surface area contributed by atoms with Crippen molar-refractivity contribution in [2.45, 2.75) is 6.61 Å². The highest BCUT2D eigenvalue weighted by Gasteiger charge is 2.08. The van der Waals surface area contributed by atoms with Crippen molar-refractivity contribution in [3.63, 3.8) is 0 Å². The Morgan fingerprint density at radius 3 is 2.54 bits per heavy atom. The number of hydrogen-bond acceptors (Lipinski definition) is 7. The molecule has 0 saturated heterocycles. The molecule has 0 unspecified atom stereocenters. The quantitative estimate of drug-likeness (QED) is 0.744. The Bertz CT molecular complexity index is 876. The molecule has 24 heavy (non-hydrogen) atoms. The van der Waals surface area contributed by atoms with E-state index < -0.39 is 0 Å². The smallest absolute Gasteiger partial charge is 0.232 e. The molecule has 0 bridgehead atoms. The highest BCUT2D eigenvalue weighted by Crippen LogP contribution is 2.18. The molecule has 7 heteroatoms. The second-order valence-electron chi connectivity index (χ2n) is 4.82. The van der Waals surface area contributed by atoms with Gasteiger partial charge in [0, 0.05) is 5.69 Å². The number of rotatable bonds is 5. The molecule has 0 aliphatic heterocycles. The zero-order valence-corrected chi connectivity index (χ0v) is 12.7. The third kappa shape index (κ3) is 3.75. The van der Waals surface area contributed by atoms with Gasteiger partial charge < -0.3 is 15.8 Å². The minimum atomic E-state index is 0.0783. The number of nitrogens with zero attached hydrogens (tertiary/aromatic N) is 4. The van der Waals surface area contributed by atoms with E-state index in [-0.39, 0.29) is 12.6 Å². The number of nitriles is 1. The van der Waals surface area contributed by atoms with Crippen LogP contribution in [0.25, 0.3) is 0 Å². The number of ether oxygens (including phenoxy) is 1. The van der Waals surface area contributed by atoms with Crippen molar-refractivity contribution in [2.24, 2.45) is 0 Å². The summed E-state index contributed by atoms with van der Waals surface area (Å²) in [7, 11) is 0. The second-order valence-corrected chi connectivity index (χ2v) is 4.82. The van der Waals surface area contributed by atoms with E-state index in [0.717, 1.165) is 5.69 Å². The van der Waals surface area contributed by atoms with E-state index in [0.29, 0.717) is 23.1 Å². The minimum Gasteiger partial charge on any atom is -0.484 e. The maximum atomic E-state index is 9.07. The number of nitrogens with one attached hydrogen (secondary N) is 1. The van der Waals surface area contributed by atoms with Crippen molar-refractivity contribution < 1.29 is 4.74 Å². The highest BCUT2D eigenvalue weighted by atomic mass is 16.5. The molecule has 0 atom stereocenters. The van der Waals surface area contributed by atoms with E-state index in [1.807, 2.05) is 30.3 Å². The topological polar surface area (TPSA) is 110 Å². The number of para-hydroxylation sites is 2. The Morgan fingerprint density at radius 1 is 1.00 bits per heavy atom. The van der Waals surface area contributed by atoms with Crippen LogP contribution in [-0.4, -0.2) is 15.0 Å². The standard InChI is InChI=1S/C17H14N6O/c18-10-12-6-4-5-9-14(12)24-11-15-21-16(19)23-17(22-15)20-13-7-2-1-3-8-13/h1-9H,11H2,(H3,19,20,21,22,23). The number of anilines is 3. The van der Waals surface area contributed by atoms with E-state index in [4.69, 9.17) is 15.7 Å². The Balaban J connectivity index is 1.75. The Hall–Kier alpha value is -3.66. The Morgan fingerprint density at radius 2 is 1.75 bits per heavy atom. The van der Waals surface area contributed by atoms with Crippen LogP contribution in [0.4, 0.5) is 17.6 Å². The van der Waals surface area contributed by atoms with Crippen LogP contribution in [0.1, 0.15) is 11.4 Å². The SMILES string of the molecule is N#Cc1ccccc1OCc1nc(N)nc(Nc2ccccc2)n1. The van der Waals surface area contributed by atoms with Gasteiger partial charge >= 0.3 is 0 Å². The summed E-state index contributed by atoms with van der Waals surface area (Å²) in [6.45, 7) is 0.0783. The lowest BCUT2D eigenvalue weighted by Gasteiger charge is -2.09. The van der Waals surface area contributed by atoms with Gasteiger partial charge in [0.15, 0.2) is 5.82 Å². The maximum Gasteiger partial charge on any atom is 0.232 e. The number of hydrogen-bond donors (Lipinski definition) is 2. The average Bonchev–Trinajstić information content (AvgIpc) is 2.60. The summed E-state index contributed by atoms with van der Waals surface area (Å²) in [6, 6.07) is 18.5. The van der Waals surface area contributed by atoms with Crippen LogP contribution in [0.5, 0.6) is 5.75 Å². The number of aromatic nitrogens is 3. The zero-order chi connectivity index (χ0) is 16.8. The molecular formula is C17H14N6O. The van der Waals surface area contributed by atoms with Gasteiger partial charge in [0.25, 0.3) is 0 Å². The lowest BCUT2D eigenvalue weighted by Crippen LogP contribution is -2.09. The molecule has 3 rings (SSSR count). The largest absolute Gasteiger partial charge is 0.484 e. The molecule has 0 amide bonds. The predicted molar refractivity (Wildman–Crippen MR) is 89.5 cm³/mol. The van der Waals surface area contributed by atoms with E-state index in [2.05, 4.69) is 26.3 Å². The van der Waals surface area contributed by atoms with Crippen molar-refractivity contribution in [3.05, 3.63) is 66.0 Å². The van der Waals surface area contributed by atoms with Gasteiger partial charge in [-0.2, -0.15) is 20.2 Å². The second kappa shape index (κ2) is 7.07. The van der Waals surface area contributed by atoms with E-state index in [9.17, 15) is 0 Å². The van der Waals surface area contributed by atoms with Crippen molar-refractivity contribution >= 4 is 17.6 Å². The van der Waals surface area contributed by atoms with Crippen LogP contribution in [0, 0.1) is 11.3 Å². The van der Waals surface area contributed by atoms with E-state index in [1.165, 1.54) is 0 Å². The first-order chi connectivity index (χ1) is 11.7. The zero-order valence-electron chi connectivity index (χ0n) is 12.7. The molecule has 1 heterocycles. The first-order valence-electron chi connectivity index (χ1n) is 7.19. The van der Waals surface area contributed by atoms with Gasteiger partial charge in [-0.05, 0) is 24.3 Å². The van der Waals surface area contributed by atoms with E-state index in [1.54, 1.807) is 24.3 Å². The average molecular weight is 318 g/mol. The van der Waals surface area contributed by atoms with Crippen LogP contribution in [0.3, 0.4) is 0 Å². The fourth-order valence-electron chi connectivity index (χ4n) is 2.04.